The number of rotatable bonds is 2. The Bertz CT molecular complexity index is 426. The van der Waals surface area contributed by atoms with E-state index < -0.39 is 9.84 Å². The average molecular weight is 233 g/mol. The lowest BCUT2D eigenvalue weighted by Crippen LogP contribution is -2.07. The van der Waals surface area contributed by atoms with Gasteiger partial charge in [-0.1, -0.05) is 11.8 Å². The van der Waals surface area contributed by atoms with Crippen LogP contribution in [-0.4, -0.2) is 39.9 Å². The van der Waals surface area contributed by atoms with Crippen molar-refractivity contribution in [3.8, 4) is 0 Å². The summed E-state index contributed by atoms with van der Waals surface area (Å²) >= 11 is 1.50. The van der Waals surface area contributed by atoms with Crippen LogP contribution in [0.5, 0.6) is 0 Å². The fourth-order valence-corrected chi connectivity index (χ4v) is 4.81. The van der Waals surface area contributed by atoms with Gasteiger partial charge >= 0.3 is 0 Å². The van der Waals surface area contributed by atoms with E-state index in [0.717, 1.165) is 11.6 Å². The molecule has 1 fully saturated rings. The third kappa shape index (κ3) is 2.09. The second kappa shape index (κ2) is 3.54. The molecule has 14 heavy (non-hydrogen) atoms. The molecule has 1 aliphatic heterocycles. The molecule has 0 radical (unpaired) electrons. The number of nitrogens with zero attached hydrogens (tertiary/aromatic N) is 3. The van der Waals surface area contributed by atoms with Gasteiger partial charge in [0.05, 0.1) is 11.5 Å². The Morgan fingerprint density at radius 1 is 1.64 bits per heavy atom. The first-order valence-electron chi connectivity index (χ1n) is 4.28. The van der Waals surface area contributed by atoms with Gasteiger partial charge < -0.3 is 4.57 Å². The lowest BCUT2D eigenvalue weighted by Gasteiger charge is -2.04. The quantitative estimate of drug-likeness (QED) is 0.724. The van der Waals surface area contributed by atoms with E-state index in [4.69, 9.17) is 0 Å². The Kier molecular flexibility index (Phi) is 2.52. The molecule has 0 amide bonds. The van der Waals surface area contributed by atoms with Crippen molar-refractivity contribution in [2.75, 3.05) is 11.5 Å². The molecule has 0 aromatic carbocycles. The summed E-state index contributed by atoms with van der Waals surface area (Å²) in [5.41, 5.74) is 0. The van der Waals surface area contributed by atoms with Crippen LogP contribution in [0.3, 0.4) is 0 Å². The standard InChI is InChI=1S/C7H11N3O2S2/c1-10-5-8-9-7(10)13-6-2-3-14(11,12)4-6/h5-6H,2-4H2,1H3/t6-/m1/s1. The van der Waals surface area contributed by atoms with E-state index in [1.807, 2.05) is 7.05 Å². The van der Waals surface area contributed by atoms with Crippen LogP contribution in [-0.2, 0) is 16.9 Å². The maximum absolute atomic E-state index is 11.2. The van der Waals surface area contributed by atoms with Gasteiger partial charge in [0.2, 0.25) is 0 Å². The molecule has 0 saturated carbocycles. The average Bonchev–Trinajstić information content (AvgIpc) is 2.61. The predicted octanol–water partition coefficient (Wildman–Crippen LogP) is 0.0943. The molecule has 0 spiro atoms. The fourth-order valence-electron chi connectivity index (χ4n) is 1.38. The summed E-state index contributed by atoms with van der Waals surface area (Å²) < 4.78 is 24.2. The Hall–Kier alpha value is -0.560. The zero-order chi connectivity index (χ0) is 10.2. The second-order valence-electron chi connectivity index (χ2n) is 3.37. The molecule has 2 rings (SSSR count). The third-order valence-electron chi connectivity index (χ3n) is 2.13. The highest BCUT2D eigenvalue weighted by Gasteiger charge is 2.29. The van der Waals surface area contributed by atoms with E-state index in [1.54, 1.807) is 10.9 Å². The van der Waals surface area contributed by atoms with E-state index >= 15 is 0 Å². The molecular formula is C7H11N3O2S2. The van der Waals surface area contributed by atoms with Crippen LogP contribution in [0.4, 0.5) is 0 Å². The predicted molar refractivity (Wildman–Crippen MR) is 53.9 cm³/mol. The zero-order valence-corrected chi connectivity index (χ0v) is 9.38. The molecule has 5 nitrogen and oxygen atoms in total. The van der Waals surface area contributed by atoms with E-state index in [2.05, 4.69) is 10.2 Å². The summed E-state index contributed by atoms with van der Waals surface area (Å²) in [6, 6.07) is 0. The molecule has 0 N–H and O–H groups in total. The lowest BCUT2D eigenvalue weighted by atomic mass is 10.4. The van der Waals surface area contributed by atoms with E-state index in [0.29, 0.717) is 5.75 Å². The summed E-state index contributed by atoms with van der Waals surface area (Å²) in [6.07, 6.45) is 2.34. The number of aromatic nitrogens is 3. The van der Waals surface area contributed by atoms with Crippen molar-refractivity contribution in [2.24, 2.45) is 7.05 Å². The minimum absolute atomic E-state index is 0.142. The molecule has 0 bridgehead atoms. The molecule has 78 valence electrons. The first-order valence-corrected chi connectivity index (χ1v) is 6.98. The van der Waals surface area contributed by atoms with Crippen molar-refractivity contribution in [3.05, 3.63) is 6.33 Å². The first-order chi connectivity index (χ1) is 6.57. The Morgan fingerprint density at radius 3 is 2.93 bits per heavy atom. The highest BCUT2D eigenvalue weighted by Crippen LogP contribution is 2.28. The molecule has 1 aliphatic rings. The summed E-state index contributed by atoms with van der Waals surface area (Å²) in [4.78, 5) is 0. The summed E-state index contributed by atoms with van der Waals surface area (Å²) in [7, 11) is -0.937. The molecule has 1 aromatic heterocycles. The van der Waals surface area contributed by atoms with Crippen LogP contribution in [0.25, 0.3) is 0 Å². The monoisotopic (exact) mass is 233 g/mol. The summed E-state index contributed by atoms with van der Waals surface area (Å²) in [5.74, 6) is 0.576. The maximum Gasteiger partial charge on any atom is 0.191 e. The van der Waals surface area contributed by atoms with Crippen LogP contribution in [0.1, 0.15) is 6.42 Å². The van der Waals surface area contributed by atoms with Crippen molar-refractivity contribution >= 4 is 21.6 Å². The molecule has 1 saturated heterocycles. The topological polar surface area (TPSA) is 64.8 Å². The largest absolute Gasteiger partial charge is 0.312 e. The van der Waals surface area contributed by atoms with Gasteiger partial charge in [-0.25, -0.2) is 8.42 Å². The Balaban J connectivity index is 2.04. The number of sulfone groups is 1. The van der Waals surface area contributed by atoms with Gasteiger partial charge in [0.15, 0.2) is 15.0 Å². The molecule has 7 heteroatoms. The third-order valence-corrected chi connectivity index (χ3v) is 5.43. The van der Waals surface area contributed by atoms with Crippen LogP contribution in [0.15, 0.2) is 11.5 Å². The summed E-state index contributed by atoms with van der Waals surface area (Å²) in [5, 5.41) is 8.58. The SMILES string of the molecule is Cn1cnnc1S[C@@H]1CCS(=O)(=O)C1. The van der Waals surface area contributed by atoms with E-state index in [1.165, 1.54) is 11.8 Å². The van der Waals surface area contributed by atoms with Gasteiger partial charge in [0, 0.05) is 12.3 Å². The van der Waals surface area contributed by atoms with Crippen molar-refractivity contribution in [2.45, 2.75) is 16.8 Å². The van der Waals surface area contributed by atoms with Crippen LogP contribution < -0.4 is 0 Å². The highest BCUT2D eigenvalue weighted by atomic mass is 32.2. The molecule has 0 unspecified atom stereocenters. The number of hydrogen-bond acceptors (Lipinski definition) is 5. The van der Waals surface area contributed by atoms with Gasteiger partial charge in [0.1, 0.15) is 6.33 Å². The van der Waals surface area contributed by atoms with Crippen molar-refractivity contribution in [1.82, 2.24) is 14.8 Å². The minimum atomic E-state index is -2.79. The van der Waals surface area contributed by atoms with Gasteiger partial charge in [-0.15, -0.1) is 10.2 Å². The molecule has 1 atom stereocenters. The maximum atomic E-state index is 11.2. The number of hydrogen-bond donors (Lipinski definition) is 0. The van der Waals surface area contributed by atoms with Gasteiger partial charge in [-0.2, -0.15) is 0 Å². The van der Waals surface area contributed by atoms with Crippen molar-refractivity contribution < 1.29 is 8.42 Å². The van der Waals surface area contributed by atoms with E-state index in [-0.39, 0.29) is 11.0 Å². The van der Waals surface area contributed by atoms with Gasteiger partial charge in [-0.3, -0.25) is 0 Å². The van der Waals surface area contributed by atoms with Crippen LogP contribution in [0.2, 0.25) is 0 Å². The van der Waals surface area contributed by atoms with Crippen LogP contribution >= 0.6 is 11.8 Å². The Labute approximate surface area is 86.8 Å². The Morgan fingerprint density at radius 2 is 2.43 bits per heavy atom. The molecule has 2 heterocycles. The first kappa shape index (κ1) is 9.97. The minimum Gasteiger partial charge on any atom is -0.312 e. The highest BCUT2D eigenvalue weighted by molar-refractivity contribution is 8.01. The van der Waals surface area contributed by atoms with Gasteiger partial charge in [0.25, 0.3) is 0 Å². The zero-order valence-electron chi connectivity index (χ0n) is 7.75. The molecular weight excluding hydrogens is 222 g/mol. The fraction of sp³-hybridized carbons (Fsp3) is 0.714. The van der Waals surface area contributed by atoms with Crippen molar-refractivity contribution in [3.63, 3.8) is 0 Å². The van der Waals surface area contributed by atoms with Crippen molar-refractivity contribution in [1.29, 1.82) is 0 Å². The molecule has 0 aliphatic carbocycles. The second-order valence-corrected chi connectivity index (χ2v) is 6.86. The number of aryl methyl sites for hydroxylation is 1. The smallest absolute Gasteiger partial charge is 0.191 e. The lowest BCUT2D eigenvalue weighted by molar-refractivity contribution is 0.602. The molecule has 1 aromatic rings. The summed E-state index contributed by atoms with van der Waals surface area (Å²) in [6.45, 7) is 0. The van der Waals surface area contributed by atoms with Gasteiger partial charge in [-0.05, 0) is 6.42 Å². The normalized spacial score (nSPS) is 25.4. The number of thioether (sulfide) groups is 1. The van der Waals surface area contributed by atoms with E-state index in [9.17, 15) is 8.42 Å². The van der Waals surface area contributed by atoms with Crippen LogP contribution in [0, 0.1) is 0 Å².